The van der Waals surface area contributed by atoms with Gasteiger partial charge in [-0.3, -0.25) is 4.79 Å². The largest absolute Gasteiger partial charge is 0.481 e. The maximum absolute atomic E-state index is 11.2. The van der Waals surface area contributed by atoms with E-state index in [0.717, 1.165) is 26.5 Å². The normalized spacial score (nSPS) is 18.0. The molecule has 0 unspecified atom stereocenters. The zero-order valence-electron chi connectivity index (χ0n) is 12.5. The summed E-state index contributed by atoms with van der Waals surface area (Å²) in [5.74, 6) is -1.43. The predicted octanol–water partition coefficient (Wildman–Crippen LogP) is 3.92. The highest BCUT2D eigenvalue weighted by molar-refractivity contribution is 7.99. The summed E-state index contributed by atoms with van der Waals surface area (Å²) in [5.41, 5.74) is 3.87. The molecule has 3 rings (SSSR count). The van der Waals surface area contributed by atoms with E-state index in [1.54, 1.807) is 18.7 Å². The second kappa shape index (κ2) is 5.78. The van der Waals surface area contributed by atoms with Gasteiger partial charge < -0.3 is 10.2 Å². The molecule has 4 heteroatoms. The lowest BCUT2D eigenvalue weighted by Gasteiger charge is -2.15. The van der Waals surface area contributed by atoms with Gasteiger partial charge >= 0.3 is 5.97 Å². The number of carboxylic acid groups (broad SMARTS) is 1. The molecule has 0 radical (unpaired) electrons. The monoisotopic (exact) mass is 314 g/mol. The Kier molecular flexibility index (Phi) is 3.98. The number of aryl methyl sites for hydroxylation is 1. The van der Waals surface area contributed by atoms with Crippen molar-refractivity contribution in [3.05, 3.63) is 58.7 Å². The third-order valence-corrected chi connectivity index (χ3v) is 5.32. The molecule has 2 aromatic carbocycles. The lowest BCUT2D eigenvalue weighted by molar-refractivity contribution is -0.138. The fourth-order valence-corrected chi connectivity index (χ4v) is 3.83. The number of carboxylic acids is 1. The summed E-state index contributed by atoms with van der Waals surface area (Å²) in [6.07, 6.45) is -0.0476. The van der Waals surface area contributed by atoms with Crippen molar-refractivity contribution in [2.75, 3.05) is 0 Å². The molecular formula is C18H18O3S. The summed E-state index contributed by atoms with van der Waals surface area (Å²) >= 11 is 1.64. The third-order valence-electron chi connectivity index (χ3n) is 4.11. The minimum absolute atomic E-state index is 0.557. The third kappa shape index (κ3) is 2.76. The zero-order chi connectivity index (χ0) is 15.9. The molecule has 0 aliphatic carbocycles. The van der Waals surface area contributed by atoms with Gasteiger partial charge in [0.1, 0.15) is 0 Å². The van der Waals surface area contributed by atoms with Crippen LogP contribution in [0.2, 0.25) is 0 Å². The minimum atomic E-state index is -0.852. The number of benzene rings is 2. The first kappa shape index (κ1) is 15.1. The molecule has 2 N–H and O–H groups in total. The van der Waals surface area contributed by atoms with Gasteiger partial charge in [0.25, 0.3) is 0 Å². The first-order valence-corrected chi connectivity index (χ1v) is 8.09. The topological polar surface area (TPSA) is 57.5 Å². The van der Waals surface area contributed by atoms with Crippen molar-refractivity contribution in [3.8, 4) is 0 Å². The fraction of sp³-hybridized carbons (Fsp3) is 0.278. The van der Waals surface area contributed by atoms with Crippen molar-refractivity contribution in [1.82, 2.24) is 0 Å². The summed E-state index contributed by atoms with van der Waals surface area (Å²) in [6, 6.07) is 11.9. The van der Waals surface area contributed by atoms with Crippen LogP contribution < -0.4 is 0 Å². The molecule has 0 saturated carbocycles. The molecule has 0 amide bonds. The van der Waals surface area contributed by atoms with Gasteiger partial charge in [-0.15, -0.1) is 0 Å². The number of aliphatic hydroxyl groups excluding tert-OH is 1. The Bertz CT molecular complexity index is 739. The van der Waals surface area contributed by atoms with E-state index >= 15 is 0 Å². The van der Waals surface area contributed by atoms with Gasteiger partial charge in [0, 0.05) is 16.2 Å². The molecule has 1 aliphatic heterocycles. The second-order valence-corrected chi connectivity index (χ2v) is 6.87. The first-order valence-electron chi connectivity index (χ1n) is 7.28. The number of aliphatic carboxylic acids is 1. The van der Waals surface area contributed by atoms with Gasteiger partial charge in [-0.05, 0) is 42.7 Å². The molecule has 1 heterocycles. The Morgan fingerprint density at radius 1 is 1.23 bits per heavy atom. The summed E-state index contributed by atoms with van der Waals surface area (Å²) in [7, 11) is 0. The highest BCUT2D eigenvalue weighted by Gasteiger charge is 2.23. The van der Waals surface area contributed by atoms with Crippen molar-refractivity contribution in [2.45, 2.75) is 42.1 Å². The SMILES string of the molecule is Cc1ccc2c(c1)C[C@H](O)c1cc([C@@H](C)C(=O)O)ccc1S2. The molecule has 0 aromatic heterocycles. The van der Waals surface area contributed by atoms with Crippen molar-refractivity contribution in [1.29, 1.82) is 0 Å². The van der Waals surface area contributed by atoms with Gasteiger partial charge in [0.15, 0.2) is 0 Å². The van der Waals surface area contributed by atoms with Gasteiger partial charge in [-0.2, -0.15) is 0 Å². The van der Waals surface area contributed by atoms with E-state index in [-0.39, 0.29) is 0 Å². The predicted molar refractivity (Wildman–Crippen MR) is 86.5 cm³/mol. The molecule has 0 fully saturated rings. The molecule has 2 atom stereocenters. The first-order chi connectivity index (χ1) is 10.5. The molecular weight excluding hydrogens is 296 g/mol. The molecule has 0 bridgehead atoms. The van der Waals surface area contributed by atoms with Gasteiger partial charge in [-0.1, -0.05) is 41.6 Å². The second-order valence-electron chi connectivity index (χ2n) is 5.79. The minimum Gasteiger partial charge on any atom is -0.481 e. The van der Waals surface area contributed by atoms with Gasteiger partial charge in [-0.25, -0.2) is 0 Å². The van der Waals surface area contributed by atoms with Crippen LogP contribution in [0.4, 0.5) is 0 Å². The standard InChI is InChI=1S/C18H18O3S/c1-10-3-5-16-13(7-10)9-15(19)14-8-12(11(2)18(20)21)4-6-17(14)22-16/h3-8,11,15,19H,9H2,1-2H3,(H,20,21)/t11-,15+/m1/s1. The summed E-state index contributed by atoms with van der Waals surface area (Å²) in [4.78, 5) is 13.3. The summed E-state index contributed by atoms with van der Waals surface area (Å²) in [5, 5.41) is 19.7. The zero-order valence-corrected chi connectivity index (χ0v) is 13.4. The smallest absolute Gasteiger partial charge is 0.310 e. The average molecular weight is 314 g/mol. The Hall–Kier alpha value is -1.78. The number of rotatable bonds is 2. The maximum atomic E-state index is 11.2. The van der Waals surface area contributed by atoms with Crippen LogP contribution in [0.1, 0.15) is 41.2 Å². The van der Waals surface area contributed by atoms with E-state index in [1.165, 1.54) is 5.56 Å². The lowest BCUT2D eigenvalue weighted by atomic mass is 9.95. The summed E-state index contributed by atoms with van der Waals surface area (Å²) in [6.45, 7) is 3.71. The molecule has 0 spiro atoms. The maximum Gasteiger partial charge on any atom is 0.310 e. The van der Waals surface area contributed by atoms with Crippen LogP contribution in [0.15, 0.2) is 46.2 Å². The number of fused-ring (bicyclic) bond motifs is 2. The lowest BCUT2D eigenvalue weighted by Crippen LogP contribution is -2.09. The molecule has 3 nitrogen and oxygen atoms in total. The van der Waals surface area contributed by atoms with Crippen molar-refractivity contribution in [3.63, 3.8) is 0 Å². The Labute approximate surface area is 134 Å². The summed E-state index contributed by atoms with van der Waals surface area (Å²) < 4.78 is 0. The van der Waals surface area contributed by atoms with Gasteiger partial charge in [0.05, 0.1) is 12.0 Å². The molecule has 22 heavy (non-hydrogen) atoms. The van der Waals surface area contributed by atoms with Crippen molar-refractivity contribution < 1.29 is 15.0 Å². The molecule has 1 aliphatic rings. The fourth-order valence-electron chi connectivity index (χ4n) is 2.74. The van der Waals surface area contributed by atoms with Crippen molar-refractivity contribution >= 4 is 17.7 Å². The van der Waals surface area contributed by atoms with E-state index < -0.39 is 18.0 Å². The van der Waals surface area contributed by atoms with Crippen LogP contribution in [0.5, 0.6) is 0 Å². The van der Waals surface area contributed by atoms with E-state index in [0.29, 0.717) is 6.42 Å². The Morgan fingerprint density at radius 3 is 2.68 bits per heavy atom. The molecule has 114 valence electrons. The van der Waals surface area contributed by atoms with Crippen LogP contribution in [0.25, 0.3) is 0 Å². The number of aliphatic hydroxyl groups is 1. The van der Waals surface area contributed by atoms with Crippen LogP contribution in [-0.4, -0.2) is 16.2 Å². The molecule has 2 aromatic rings. The van der Waals surface area contributed by atoms with Crippen LogP contribution in [-0.2, 0) is 11.2 Å². The molecule has 0 saturated heterocycles. The number of hydrogen-bond donors (Lipinski definition) is 2. The van der Waals surface area contributed by atoms with E-state index in [4.69, 9.17) is 5.11 Å². The van der Waals surface area contributed by atoms with Crippen LogP contribution in [0, 0.1) is 6.92 Å². The Morgan fingerprint density at radius 2 is 1.95 bits per heavy atom. The van der Waals surface area contributed by atoms with E-state index in [1.807, 2.05) is 25.1 Å². The van der Waals surface area contributed by atoms with Crippen molar-refractivity contribution in [2.24, 2.45) is 0 Å². The average Bonchev–Trinajstić information content (AvgIpc) is 2.62. The highest BCUT2D eigenvalue weighted by atomic mass is 32.2. The number of carbonyl (C=O) groups is 1. The van der Waals surface area contributed by atoms with Gasteiger partial charge in [0.2, 0.25) is 0 Å². The Balaban J connectivity index is 2.04. The number of hydrogen-bond acceptors (Lipinski definition) is 3. The highest BCUT2D eigenvalue weighted by Crippen LogP contribution is 2.41. The van der Waals surface area contributed by atoms with E-state index in [9.17, 15) is 9.90 Å². The van der Waals surface area contributed by atoms with Crippen LogP contribution in [0.3, 0.4) is 0 Å². The van der Waals surface area contributed by atoms with Crippen LogP contribution >= 0.6 is 11.8 Å². The quantitative estimate of drug-likeness (QED) is 0.882. The van der Waals surface area contributed by atoms with E-state index in [2.05, 4.69) is 18.2 Å².